The number of halogens is 2. The standard InChI is InChI=1S/C23H25F2N5/c1-2-26-23(28-14-21-18-7-4-3-6-16(18)10-12-27-21)29-17-11-13-30(15-17)22-19(24)8-5-9-20(22)25/h3-10,12,17H,2,11,13-15H2,1H3,(H2,26,28,29). The van der Waals surface area contributed by atoms with Crippen LogP contribution in [0.1, 0.15) is 19.0 Å². The van der Waals surface area contributed by atoms with Gasteiger partial charge in [0.2, 0.25) is 0 Å². The van der Waals surface area contributed by atoms with Gasteiger partial charge in [0.15, 0.2) is 5.96 Å². The van der Waals surface area contributed by atoms with Crippen LogP contribution >= 0.6 is 0 Å². The molecule has 4 rings (SSSR count). The molecule has 0 aliphatic carbocycles. The molecule has 1 aliphatic heterocycles. The molecule has 1 saturated heterocycles. The lowest BCUT2D eigenvalue weighted by atomic mass is 10.1. The van der Waals surface area contributed by atoms with Crippen LogP contribution in [0, 0.1) is 11.6 Å². The summed E-state index contributed by atoms with van der Waals surface area (Å²) in [7, 11) is 0. The van der Waals surface area contributed by atoms with Crippen LogP contribution in [-0.2, 0) is 6.54 Å². The molecule has 0 amide bonds. The van der Waals surface area contributed by atoms with E-state index in [1.165, 1.54) is 18.2 Å². The number of pyridine rings is 1. The molecule has 1 atom stereocenters. The molecule has 0 bridgehead atoms. The van der Waals surface area contributed by atoms with E-state index in [9.17, 15) is 8.78 Å². The number of para-hydroxylation sites is 1. The summed E-state index contributed by atoms with van der Waals surface area (Å²) in [5.41, 5.74) is 0.954. The van der Waals surface area contributed by atoms with Crippen molar-refractivity contribution in [2.24, 2.45) is 4.99 Å². The van der Waals surface area contributed by atoms with Crippen molar-refractivity contribution in [2.75, 3.05) is 24.5 Å². The van der Waals surface area contributed by atoms with E-state index in [2.05, 4.69) is 21.7 Å². The Balaban J connectivity index is 1.46. The smallest absolute Gasteiger partial charge is 0.191 e. The van der Waals surface area contributed by atoms with Crippen LogP contribution in [0.25, 0.3) is 10.8 Å². The number of anilines is 1. The zero-order valence-electron chi connectivity index (χ0n) is 16.9. The molecule has 5 nitrogen and oxygen atoms in total. The highest BCUT2D eigenvalue weighted by molar-refractivity contribution is 5.85. The topological polar surface area (TPSA) is 52.6 Å². The predicted molar refractivity (Wildman–Crippen MR) is 117 cm³/mol. The van der Waals surface area contributed by atoms with Crippen LogP contribution in [-0.4, -0.2) is 36.6 Å². The average molecular weight is 409 g/mol. The Kier molecular flexibility index (Phi) is 6.07. The molecule has 3 aromatic rings. The maximum absolute atomic E-state index is 14.1. The van der Waals surface area contributed by atoms with Gasteiger partial charge in [-0.3, -0.25) is 4.98 Å². The van der Waals surface area contributed by atoms with Gasteiger partial charge in [0.25, 0.3) is 0 Å². The third-order valence-electron chi connectivity index (χ3n) is 5.27. The lowest BCUT2D eigenvalue weighted by Gasteiger charge is -2.21. The number of fused-ring (bicyclic) bond motifs is 1. The van der Waals surface area contributed by atoms with Crippen molar-refractivity contribution < 1.29 is 8.78 Å². The number of benzene rings is 2. The highest BCUT2D eigenvalue weighted by Gasteiger charge is 2.27. The minimum atomic E-state index is -0.529. The Morgan fingerprint density at radius 3 is 2.73 bits per heavy atom. The van der Waals surface area contributed by atoms with Gasteiger partial charge in [-0.25, -0.2) is 13.8 Å². The van der Waals surface area contributed by atoms with Crippen molar-refractivity contribution in [3.63, 3.8) is 0 Å². The van der Waals surface area contributed by atoms with Gasteiger partial charge >= 0.3 is 0 Å². The second-order valence-corrected chi connectivity index (χ2v) is 7.32. The summed E-state index contributed by atoms with van der Waals surface area (Å²) in [6.45, 7) is 4.25. The molecule has 1 aromatic heterocycles. The maximum Gasteiger partial charge on any atom is 0.191 e. The van der Waals surface area contributed by atoms with E-state index < -0.39 is 11.6 Å². The first-order valence-electron chi connectivity index (χ1n) is 10.2. The fourth-order valence-corrected chi connectivity index (χ4v) is 3.85. The van der Waals surface area contributed by atoms with Gasteiger partial charge < -0.3 is 15.5 Å². The molecule has 0 saturated carbocycles. The molecule has 1 aliphatic rings. The third-order valence-corrected chi connectivity index (χ3v) is 5.27. The lowest BCUT2D eigenvalue weighted by Crippen LogP contribution is -2.44. The molecule has 2 aromatic carbocycles. The number of rotatable bonds is 5. The monoisotopic (exact) mass is 409 g/mol. The van der Waals surface area contributed by atoms with Crippen molar-refractivity contribution in [3.8, 4) is 0 Å². The largest absolute Gasteiger partial charge is 0.365 e. The zero-order chi connectivity index (χ0) is 20.9. The zero-order valence-corrected chi connectivity index (χ0v) is 16.9. The second kappa shape index (κ2) is 9.07. The van der Waals surface area contributed by atoms with E-state index in [0.29, 0.717) is 32.1 Å². The van der Waals surface area contributed by atoms with Crippen molar-refractivity contribution in [2.45, 2.75) is 25.9 Å². The van der Waals surface area contributed by atoms with Gasteiger partial charge in [-0.05, 0) is 36.9 Å². The van der Waals surface area contributed by atoms with Crippen LogP contribution in [0.2, 0.25) is 0 Å². The van der Waals surface area contributed by atoms with E-state index in [0.717, 1.165) is 22.9 Å². The molecule has 156 valence electrons. The SMILES string of the molecule is CCNC(=NCc1nccc2ccccc12)NC1CCN(c2c(F)cccc2F)C1. The van der Waals surface area contributed by atoms with Gasteiger partial charge in [-0.2, -0.15) is 0 Å². The molecule has 2 heterocycles. The molecule has 1 fully saturated rings. The van der Waals surface area contributed by atoms with Crippen molar-refractivity contribution in [1.29, 1.82) is 0 Å². The molecule has 30 heavy (non-hydrogen) atoms. The van der Waals surface area contributed by atoms with Crippen molar-refractivity contribution in [3.05, 3.63) is 72.1 Å². The molecular weight excluding hydrogens is 384 g/mol. The number of guanidine groups is 1. The first-order valence-corrected chi connectivity index (χ1v) is 10.2. The highest BCUT2D eigenvalue weighted by atomic mass is 19.1. The third kappa shape index (κ3) is 4.35. The minimum absolute atomic E-state index is 0.0438. The van der Waals surface area contributed by atoms with E-state index in [4.69, 9.17) is 4.99 Å². The normalized spacial score (nSPS) is 16.8. The Hall–Kier alpha value is -3.22. The number of nitrogens with zero attached hydrogens (tertiary/aromatic N) is 3. The minimum Gasteiger partial charge on any atom is -0.365 e. The molecule has 2 N–H and O–H groups in total. The van der Waals surface area contributed by atoms with Crippen LogP contribution in [0.4, 0.5) is 14.5 Å². The molecule has 1 unspecified atom stereocenters. The lowest BCUT2D eigenvalue weighted by molar-refractivity contribution is 0.576. The Morgan fingerprint density at radius 2 is 1.93 bits per heavy atom. The summed E-state index contributed by atoms with van der Waals surface area (Å²) in [5.74, 6) is -0.385. The Morgan fingerprint density at radius 1 is 1.13 bits per heavy atom. The van der Waals surface area contributed by atoms with E-state index in [1.54, 1.807) is 11.1 Å². The van der Waals surface area contributed by atoms with Crippen LogP contribution < -0.4 is 15.5 Å². The van der Waals surface area contributed by atoms with Crippen LogP contribution in [0.5, 0.6) is 0 Å². The summed E-state index contributed by atoms with van der Waals surface area (Å²) in [4.78, 5) is 10.9. The summed E-state index contributed by atoms with van der Waals surface area (Å²) < 4.78 is 28.2. The van der Waals surface area contributed by atoms with E-state index in [1.807, 2.05) is 31.2 Å². The quantitative estimate of drug-likeness (QED) is 0.497. The molecular formula is C23H25F2N5. The summed E-state index contributed by atoms with van der Waals surface area (Å²) >= 11 is 0. The summed E-state index contributed by atoms with van der Waals surface area (Å²) in [6, 6.07) is 14.1. The number of aliphatic imine (C=N–C) groups is 1. The fourth-order valence-electron chi connectivity index (χ4n) is 3.85. The van der Waals surface area contributed by atoms with Crippen molar-refractivity contribution in [1.82, 2.24) is 15.6 Å². The fraction of sp³-hybridized carbons (Fsp3) is 0.304. The highest BCUT2D eigenvalue weighted by Crippen LogP contribution is 2.26. The number of hydrogen-bond acceptors (Lipinski definition) is 3. The molecule has 0 radical (unpaired) electrons. The van der Waals surface area contributed by atoms with Crippen LogP contribution in [0.3, 0.4) is 0 Å². The Bertz CT molecular complexity index is 1030. The summed E-state index contributed by atoms with van der Waals surface area (Å²) in [6.07, 6.45) is 2.57. The Labute approximate surface area is 174 Å². The van der Waals surface area contributed by atoms with Gasteiger partial charge in [-0.15, -0.1) is 0 Å². The van der Waals surface area contributed by atoms with Gasteiger partial charge in [0.05, 0.1) is 12.2 Å². The first-order chi connectivity index (χ1) is 14.7. The molecule has 0 spiro atoms. The second-order valence-electron chi connectivity index (χ2n) is 7.32. The average Bonchev–Trinajstić information content (AvgIpc) is 3.20. The number of nitrogens with one attached hydrogen (secondary N) is 2. The van der Waals surface area contributed by atoms with Crippen LogP contribution in [0.15, 0.2) is 59.7 Å². The van der Waals surface area contributed by atoms with Gasteiger partial charge in [-0.1, -0.05) is 30.3 Å². The van der Waals surface area contributed by atoms with Gasteiger partial charge in [0, 0.05) is 37.3 Å². The van der Waals surface area contributed by atoms with E-state index in [-0.39, 0.29) is 11.7 Å². The van der Waals surface area contributed by atoms with Crippen molar-refractivity contribution >= 4 is 22.4 Å². The summed E-state index contributed by atoms with van der Waals surface area (Å²) in [5, 5.41) is 8.87. The number of hydrogen-bond donors (Lipinski definition) is 2. The first kappa shape index (κ1) is 20.1. The maximum atomic E-state index is 14.1. The van der Waals surface area contributed by atoms with Gasteiger partial charge in [0.1, 0.15) is 17.3 Å². The number of aromatic nitrogens is 1. The molecule has 7 heteroatoms. The van der Waals surface area contributed by atoms with E-state index >= 15 is 0 Å². The predicted octanol–water partition coefficient (Wildman–Crippen LogP) is 3.85.